The van der Waals surface area contributed by atoms with E-state index in [0.29, 0.717) is 12.5 Å². The lowest BCUT2D eigenvalue weighted by molar-refractivity contribution is -0.117. The summed E-state index contributed by atoms with van der Waals surface area (Å²) in [5.74, 6) is 0.468. The van der Waals surface area contributed by atoms with E-state index < -0.39 is 4.75 Å². The van der Waals surface area contributed by atoms with Gasteiger partial charge in [0, 0.05) is 4.90 Å². The van der Waals surface area contributed by atoms with Crippen molar-refractivity contribution in [3.05, 3.63) is 23.8 Å². The van der Waals surface area contributed by atoms with Crippen molar-refractivity contribution in [3.8, 4) is 0 Å². The van der Waals surface area contributed by atoms with Crippen LogP contribution in [0.3, 0.4) is 0 Å². The largest absolute Gasteiger partial charge is 0.330 e. The van der Waals surface area contributed by atoms with Crippen LogP contribution >= 0.6 is 11.8 Å². The number of carbonyl (C=O) groups is 1. The molecule has 2 rings (SSSR count). The maximum atomic E-state index is 11.9. The highest BCUT2D eigenvalue weighted by Crippen LogP contribution is 2.43. The number of amides is 1. The van der Waals surface area contributed by atoms with Crippen molar-refractivity contribution in [2.45, 2.75) is 42.8 Å². The van der Waals surface area contributed by atoms with E-state index in [0.717, 1.165) is 17.0 Å². The van der Waals surface area contributed by atoms with Crippen LogP contribution in [0.15, 0.2) is 23.1 Å². The first-order chi connectivity index (χ1) is 8.47. The van der Waals surface area contributed by atoms with Gasteiger partial charge in [0.15, 0.2) is 0 Å². The second-order valence-corrected chi connectivity index (χ2v) is 6.83. The number of nitrogens with one attached hydrogen (secondary N) is 1. The van der Waals surface area contributed by atoms with Gasteiger partial charge in [0.25, 0.3) is 0 Å². The van der Waals surface area contributed by atoms with Crippen molar-refractivity contribution >= 4 is 23.4 Å². The lowest BCUT2D eigenvalue weighted by Gasteiger charge is -2.30. The average molecular weight is 264 g/mol. The lowest BCUT2D eigenvalue weighted by atomic mass is 9.96. The maximum absolute atomic E-state index is 11.9. The summed E-state index contributed by atoms with van der Waals surface area (Å²) in [5.41, 5.74) is 7.97. The number of benzene rings is 1. The van der Waals surface area contributed by atoms with Crippen LogP contribution in [0.5, 0.6) is 0 Å². The zero-order valence-corrected chi connectivity index (χ0v) is 11.9. The fourth-order valence-electron chi connectivity index (χ4n) is 2.11. The molecule has 3 N–H and O–H groups in total. The van der Waals surface area contributed by atoms with Crippen LogP contribution in [0.1, 0.15) is 38.7 Å². The summed E-state index contributed by atoms with van der Waals surface area (Å²) in [6.07, 6.45) is 1.04. The van der Waals surface area contributed by atoms with Gasteiger partial charge in [0.05, 0.1) is 10.4 Å². The van der Waals surface area contributed by atoms with Gasteiger partial charge in [-0.3, -0.25) is 4.79 Å². The maximum Gasteiger partial charge on any atom is 0.240 e. The number of hydrogen-bond acceptors (Lipinski definition) is 3. The molecule has 98 valence electrons. The summed E-state index contributed by atoms with van der Waals surface area (Å²) in [5, 5.41) is 2.96. The smallest absolute Gasteiger partial charge is 0.240 e. The van der Waals surface area contributed by atoms with E-state index >= 15 is 0 Å². The Morgan fingerprint density at radius 1 is 1.44 bits per heavy atom. The second-order valence-electron chi connectivity index (χ2n) is 5.16. The Morgan fingerprint density at radius 3 is 2.78 bits per heavy atom. The first-order valence-corrected chi connectivity index (χ1v) is 7.14. The predicted molar refractivity (Wildman–Crippen MR) is 77.1 cm³/mol. The SMILES string of the molecule is CCC(CN)c1ccc2c(c1)SC(C)(C)C(=O)N2. The van der Waals surface area contributed by atoms with E-state index in [9.17, 15) is 4.79 Å². The van der Waals surface area contributed by atoms with E-state index in [4.69, 9.17) is 5.73 Å². The van der Waals surface area contributed by atoms with Gasteiger partial charge in [-0.2, -0.15) is 0 Å². The van der Waals surface area contributed by atoms with Crippen LogP contribution in [0, 0.1) is 0 Å². The fraction of sp³-hybridized carbons (Fsp3) is 0.500. The lowest BCUT2D eigenvalue weighted by Crippen LogP contribution is -2.37. The number of carbonyl (C=O) groups excluding carboxylic acids is 1. The second kappa shape index (κ2) is 4.94. The van der Waals surface area contributed by atoms with E-state index in [1.54, 1.807) is 11.8 Å². The van der Waals surface area contributed by atoms with Crippen LogP contribution in [-0.2, 0) is 4.79 Å². The summed E-state index contributed by atoms with van der Waals surface area (Å²) >= 11 is 1.62. The zero-order chi connectivity index (χ0) is 13.3. The molecular formula is C14H20N2OS. The Bertz CT molecular complexity index is 467. The van der Waals surface area contributed by atoms with Gasteiger partial charge < -0.3 is 11.1 Å². The molecule has 0 bridgehead atoms. The quantitative estimate of drug-likeness (QED) is 0.882. The molecule has 1 aliphatic rings. The van der Waals surface area contributed by atoms with Crippen molar-refractivity contribution in [2.75, 3.05) is 11.9 Å². The van der Waals surface area contributed by atoms with Crippen molar-refractivity contribution in [1.29, 1.82) is 0 Å². The molecule has 0 saturated heterocycles. The topological polar surface area (TPSA) is 55.1 Å². The van der Waals surface area contributed by atoms with Gasteiger partial charge in [-0.05, 0) is 50.4 Å². The van der Waals surface area contributed by atoms with Crippen LogP contribution in [-0.4, -0.2) is 17.2 Å². The van der Waals surface area contributed by atoms with Gasteiger partial charge in [-0.15, -0.1) is 11.8 Å². The van der Waals surface area contributed by atoms with Gasteiger partial charge in [-0.25, -0.2) is 0 Å². The number of nitrogens with two attached hydrogens (primary N) is 1. The van der Waals surface area contributed by atoms with Crippen LogP contribution in [0.4, 0.5) is 5.69 Å². The summed E-state index contributed by atoms with van der Waals surface area (Å²) in [4.78, 5) is 13.0. The summed E-state index contributed by atoms with van der Waals surface area (Å²) in [6, 6.07) is 6.23. The molecule has 1 atom stereocenters. The molecule has 0 spiro atoms. The normalized spacial score (nSPS) is 19.0. The number of hydrogen-bond donors (Lipinski definition) is 2. The van der Waals surface area contributed by atoms with E-state index in [1.165, 1.54) is 5.56 Å². The Labute approximate surface area is 113 Å². The number of thioether (sulfide) groups is 1. The molecule has 1 aromatic carbocycles. The molecule has 0 aromatic heterocycles. The third kappa shape index (κ3) is 2.40. The molecule has 0 aliphatic carbocycles. The first-order valence-electron chi connectivity index (χ1n) is 6.32. The first kappa shape index (κ1) is 13.4. The summed E-state index contributed by atoms with van der Waals surface area (Å²) in [7, 11) is 0. The minimum Gasteiger partial charge on any atom is -0.330 e. The van der Waals surface area contributed by atoms with Crippen LogP contribution in [0.2, 0.25) is 0 Å². The Balaban J connectivity index is 2.36. The zero-order valence-electron chi connectivity index (χ0n) is 11.1. The van der Waals surface area contributed by atoms with Crippen molar-refractivity contribution < 1.29 is 4.79 Å². The molecule has 1 aromatic rings. The minimum atomic E-state index is -0.407. The van der Waals surface area contributed by atoms with E-state index in [-0.39, 0.29) is 5.91 Å². The fourth-order valence-corrected chi connectivity index (χ4v) is 3.23. The molecule has 0 radical (unpaired) electrons. The molecule has 3 nitrogen and oxygen atoms in total. The molecule has 1 amide bonds. The number of rotatable bonds is 3. The summed E-state index contributed by atoms with van der Waals surface area (Å²) < 4.78 is -0.407. The molecule has 1 heterocycles. The number of fused-ring (bicyclic) bond motifs is 1. The Morgan fingerprint density at radius 2 is 2.17 bits per heavy atom. The minimum absolute atomic E-state index is 0.0682. The average Bonchev–Trinajstić information content (AvgIpc) is 2.32. The van der Waals surface area contributed by atoms with Crippen molar-refractivity contribution in [3.63, 3.8) is 0 Å². The molecule has 0 fully saturated rings. The van der Waals surface area contributed by atoms with Crippen molar-refractivity contribution in [2.24, 2.45) is 5.73 Å². The highest BCUT2D eigenvalue weighted by Gasteiger charge is 2.34. The van der Waals surface area contributed by atoms with Gasteiger partial charge in [-0.1, -0.05) is 13.0 Å². The summed E-state index contributed by atoms with van der Waals surface area (Å²) in [6.45, 7) is 6.71. The molecule has 4 heteroatoms. The Kier molecular flexibility index (Phi) is 3.69. The standard InChI is InChI=1S/C14H20N2OS/c1-4-9(8-15)10-5-6-11-12(7-10)18-14(2,3)13(17)16-11/h5-7,9H,4,8,15H2,1-3H3,(H,16,17). The van der Waals surface area contributed by atoms with Crippen LogP contribution < -0.4 is 11.1 Å². The third-order valence-corrected chi connectivity index (χ3v) is 4.67. The third-order valence-electron chi connectivity index (χ3n) is 3.41. The Hall–Kier alpha value is -1.00. The van der Waals surface area contributed by atoms with Crippen LogP contribution in [0.25, 0.3) is 0 Å². The molecule has 1 unspecified atom stereocenters. The highest BCUT2D eigenvalue weighted by molar-refractivity contribution is 8.01. The monoisotopic (exact) mass is 264 g/mol. The van der Waals surface area contributed by atoms with Gasteiger partial charge in [0.1, 0.15) is 0 Å². The van der Waals surface area contributed by atoms with Gasteiger partial charge >= 0.3 is 0 Å². The van der Waals surface area contributed by atoms with E-state index in [1.807, 2.05) is 19.9 Å². The molecule has 1 aliphatic heterocycles. The molecular weight excluding hydrogens is 244 g/mol. The van der Waals surface area contributed by atoms with Gasteiger partial charge in [0.2, 0.25) is 5.91 Å². The predicted octanol–water partition coefficient (Wildman–Crippen LogP) is 2.96. The highest BCUT2D eigenvalue weighted by atomic mass is 32.2. The number of anilines is 1. The molecule has 18 heavy (non-hydrogen) atoms. The van der Waals surface area contributed by atoms with Crippen molar-refractivity contribution in [1.82, 2.24) is 0 Å². The van der Waals surface area contributed by atoms with E-state index in [2.05, 4.69) is 24.4 Å². The molecule has 0 saturated carbocycles.